The van der Waals surface area contributed by atoms with Crippen LogP contribution in [-0.2, 0) is 6.61 Å². The maximum absolute atomic E-state index is 5.92. The Morgan fingerprint density at radius 2 is 1.89 bits per heavy atom. The number of hydrogen-bond acceptors (Lipinski definition) is 4. The van der Waals surface area contributed by atoms with Crippen molar-refractivity contribution in [2.75, 3.05) is 19.0 Å². The van der Waals surface area contributed by atoms with Crippen LogP contribution in [0.2, 0.25) is 5.15 Å². The van der Waals surface area contributed by atoms with E-state index < -0.39 is 0 Å². The summed E-state index contributed by atoms with van der Waals surface area (Å²) in [6, 6.07) is 11.5. The van der Waals surface area contributed by atoms with E-state index in [1.807, 2.05) is 44.4 Å². The second kappa shape index (κ2) is 5.69. The third-order valence-corrected chi connectivity index (χ3v) is 2.48. The second-order valence-electron chi connectivity index (χ2n) is 4.00. The summed E-state index contributed by atoms with van der Waals surface area (Å²) in [4.78, 5) is 10.1. The van der Waals surface area contributed by atoms with E-state index in [9.17, 15) is 0 Å². The van der Waals surface area contributed by atoms with Gasteiger partial charge in [-0.05, 0) is 5.56 Å². The van der Waals surface area contributed by atoms with E-state index in [4.69, 9.17) is 16.3 Å². The first-order valence-corrected chi connectivity index (χ1v) is 5.91. The molecule has 2 rings (SSSR count). The van der Waals surface area contributed by atoms with Crippen LogP contribution in [0.3, 0.4) is 0 Å². The first kappa shape index (κ1) is 12.6. The van der Waals surface area contributed by atoms with Crippen LogP contribution in [0, 0.1) is 0 Å². The molecule has 1 aromatic heterocycles. The largest absolute Gasteiger partial charge is 0.473 e. The van der Waals surface area contributed by atoms with Gasteiger partial charge in [-0.15, -0.1) is 0 Å². The van der Waals surface area contributed by atoms with Crippen LogP contribution < -0.4 is 9.64 Å². The molecular formula is C13H14ClN3O. The van der Waals surface area contributed by atoms with E-state index in [0.29, 0.717) is 23.6 Å². The zero-order valence-corrected chi connectivity index (χ0v) is 11.1. The summed E-state index contributed by atoms with van der Waals surface area (Å²) in [6.45, 7) is 0.459. The molecular weight excluding hydrogens is 250 g/mol. The molecule has 0 aliphatic carbocycles. The maximum Gasteiger partial charge on any atom is 0.229 e. The zero-order valence-electron chi connectivity index (χ0n) is 10.3. The number of nitrogens with zero attached hydrogens (tertiary/aromatic N) is 3. The lowest BCUT2D eigenvalue weighted by Crippen LogP contribution is -2.13. The quantitative estimate of drug-likeness (QED) is 0.795. The Hall–Kier alpha value is -1.81. The van der Waals surface area contributed by atoms with Gasteiger partial charge in [-0.2, -0.15) is 4.98 Å². The number of benzene rings is 1. The molecule has 0 spiro atoms. The molecule has 4 nitrogen and oxygen atoms in total. The van der Waals surface area contributed by atoms with E-state index in [2.05, 4.69) is 9.97 Å². The van der Waals surface area contributed by atoms with Crippen LogP contribution in [0.4, 0.5) is 5.95 Å². The summed E-state index contributed by atoms with van der Waals surface area (Å²) in [5, 5.41) is 0.372. The number of ether oxygens (including phenoxy) is 1. The molecule has 2 aromatic rings. The lowest BCUT2D eigenvalue weighted by molar-refractivity contribution is 0.293. The highest BCUT2D eigenvalue weighted by Crippen LogP contribution is 2.18. The fraction of sp³-hybridized carbons (Fsp3) is 0.231. The lowest BCUT2D eigenvalue weighted by atomic mass is 10.2. The van der Waals surface area contributed by atoms with E-state index in [-0.39, 0.29) is 0 Å². The van der Waals surface area contributed by atoms with Crippen molar-refractivity contribution in [1.29, 1.82) is 0 Å². The molecule has 0 unspecified atom stereocenters. The minimum absolute atomic E-state index is 0.372. The molecule has 0 saturated carbocycles. The third kappa shape index (κ3) is 3.34. The summed E-state index contributed by atoms with van der Waals surface area (Å²) < 4.78 is 5.60. The molecule has 5 heteroatoms. The van der Waals surface area contributed by atoms with Gasteiger partial charge in [-0.3, -0.25) is 0 Å². The summed E-state index contributed by atoms with van der Waals surface area (Å²) in [5.41, 5.74) is 1.08. The molecule has 0 aliphatic rings. The van der Waals surface area contributed by atoms with Gasteiger partial charge in [0.05, 0.1) is 0 Å². The minimum Gasteiger partial charge on any atom is -0.473 e. The van der Waals surface area contributed by atoms with Gasteiger partial charge in [0.1, 0.15) is 11.8 Å². The minimum atomic E-state index is 0.372. The monoisotopic (exact) mass is 263 g/mol. The Bertz CT molecular complexity index is 517. The van der Waals surface area contributed by atoms with Gasteiger partial charge in [-0.25, -0.2) is 4.98 Å². The number of anilines is 1. The molecule has 0 amide bonds. The third-order valence-electron chi connectivity index (χ3n) is 2.29. The van der Waals surface area contributed by atoms with Crippen LogP contribution in [0.1, 0.15) is 5.56 Å². The summed E-state index contributed by atoms with van der Waals surface area (Å²) in [7, 11) is 3.71. The Morgan fingerprint density at radius 3 is 2.56 bits per heavy atom. The SMILES string of the molecule is CN(C)c1nc(Cl)cc(OCc2ccccc2)n1. The van der Waals surface area contributed by atoms with Crippen molar-refractivity contribution >= 4 is 17.5 Å². The van der Waals surface area contributed by atoms with Crippen LogP contribution in [-0.4, -0.2) is 24.1 Å². The highest BCUT2D eigenvalue weighted by molar-refractivity contribution is 6.29. The van der Waals surface area contributed by atoms with Gasteiger partial charge < -0.3 is 9.64 Å². The molecule has 0 atom stereocenters. The predicted octanol–water partition coefficient (Wildman–Crippen LogP) is 2.78. The van der Waals surface area contributed by atoms with Crippen LogP contribution in [0.25, 0.3) is 0 Å². The van der Waals surface area contributed by atoms with Crippen molar-refractivity contribution < 1.29 is 4.74 Å². The molecule has 0 aliphatic heterocycles. The van der Waals surface area contributed by atoms with Crippen molar-refractivity contribution in [3.63, 3.8) is 0 Å². The highest BCUT2D eigenvalue weighted by Gasteiger charge is 2.06. The maximum atomic E-state index is 5.92. The number of hydrogen-bond donors (Lipinski definition) is 0. The van der Waals surface area contributed by atoms with Gasteiger partial charge in [0.2, 0.25) is 11.8 Å². The normalized spacial score (nSPS) is 10.2. The summed E-state index contributed by atoms with van der Waals surface area (Å²) in [6.07, 6.45) is 0. The van der Waals surface area contributed by atoms with Crippen molar-refractivity contribution in [2.24, 2.45) is 0 Å². The molecule has 0 saturated heterocycles. The van der Waals surface area contributed by atoms with Gasteiger partial charge in [0.15, 0.2) is 0 Å². The fourth-order valence-electron chi connectivity index (χ4n) is 1.39. The number of halogens is 1. The summed E-state index contributed by atoms with van der Waals surface area (Å²) >= 11 is 5.92. The van der Waals surface area contributed by atoms with Gasteiger partial charge in [0, 0.05) is 20.2 Å². The first-order chi connectivity index (χ1) is 8.65. The van der Waals surface area contributed by atoms with Gasteiger partial charge in [-0.1, -0.05) is 41.9 Å². The Balaban J connectivity index is 2.10. The molecule has 18 heavy (non-hydrogen) atoms. The van der Waals surface area contributed by atoms with Crippen LogP contribution >= 0.6 is 11.6 Å². The molecule has 1 aromatic carbocycles. The van der Waals surface area contributed by atoms with Crippen molar-refractivity contribution in [3.05, 3.63) is 47.1 Å². The van der Waals surface area contributed by atoms with E-state index in [0.717, 1.165) is 5.56 Å². The van der Waals surface area contributed by atoms with E-state index in [1.54, 1.807) is 11.0 Å². The topological polar surface area (TPSA) is 38.2 Å². The second-order valence-corrected chi connectivity index (χ2v) is 4.38. The van der Waals surface area contributed by atoms with E-state index >= 15 is 0 Å². The van der Waals surface area contributed by atoms with E-state index in [1.165, 1.54) is 0 Å². The smallest absolute Gasteiger partial charge is 0.229 e. The highest BCUT2D eigenvalue weighted by atomic mass is 35.5. The van der Waals surface area contributed by atoms with Crippen molar-refractivity contribution in [1.82, 2.24) is 9.97 Å². The Morgan fingerprint density at radius 1 is 1.17 bits per heavy atom. The Kier molecular flexibility index (Phi) is 3.99. The number of rotatable bonds is 4. The van der Waals surface area contributed by atoms with Crippen LogP contribution in [0.15, 0.2) is 36.4 Å². The summed E-state index contributed by atoms with van der Waals surface area (Å²) in [5.74, 6) is 1.01. The zero-order chi connectivity index (χ0) is 13.0. The average Bonchev–Trinajstić information content (AvgIpc) is 2.37. The van der Waals surface area contributed by atoms with Crippen molar-refractivity contribution in [2.45, 2.75) is 6.61 Å². The van der Waals surface area contributed by atoms with Crippen molar-refractivity contribution in [3.8, 4) is 5.88 Å². The predicted molar refractivity (Wildman–Crippen MR) is 72.1 cm³/mol. The average molecular weight is 264 g/mol. The Labute approximate surface area is 111 Å². The molecule has 0 radical (unpaired) electrons. The molecule has 1 heterocycles. The molecule has 0 fully saturated rings. The van der Waals surface area contributed by atoms with Gasteiger partial charge in [0.25, 0.3) is 0 Å². The lowest BCUT2D eigenvalue weighted by Gasteiger charge is -2.12. The molecule has 0 bridgehead atoms. The fourth-order valence-corrected chi connectivity index (χ4v) is 1.56. The standard InChI is InChI=1S/C13H14ClN3O/c1-17(2)13-15-11(14)8-12(16-13)18-9-10-6-4-3-5-7-10/h3-8H,9H2,1-2H3. The number of aromatic nitrogens is 2. The molecule has 0 N–H and O–H groups in total. The van der Waals surface area contributed by atoms with Gasteiger partial charge >= 0.3 is 0 Å². The first-order valence-electron chi connectivity index (χ1n) is 5.54. The molecule has 94 valence electrons. The van der Waals surface area contributed by atoms with Crippen LogP contribution in [0.5, 0.6) is 5.88 Å².